The Morgan fingerprint density at radius 2 is 2.08 bits per heavy atom. The molecule has 0 N–H and O–H groups in total. The van der Waals surface area contributed by atoms with Crippen LogP contribution >= 0.6 is 0 Å². The van der Waals surface area contributed by atoms with Gasteiger partial charge in [0.25, 0.3) is 0 Å². The minimum Gasteiger partial charge on any atom is -0.342 e. The molecule has 7 nitrogen and oxygen atoms in total. The monoisotopic (exact) mass is 380 g/mol. The van der Waals surface area contributed by atoms with Crippen LogP contribution in [0.3, 0.4) is 0 Å². The maximum atomic E-state index is 13.3. The fraction of sp³-hybridized carbons (Fsp3) is 0.667. The molecule has 26 heavy (non-hydrogen) atoms. The van der Waals surface area contributed by atoms with E-state index in [2.05, 4.69) is 5.10 Å². The van der Waals surface area contributed by atoms with Crippen LogP contribution in [0.5, 0.6) is 0 Å². The highest BCUT2D eigenvalue weighted by Gasteiger charge is 2.46. The van der Waals surface area contributed by atoms with Crippen molar-refractivity contribution in [2.45, 2.75) is 51.0 Å². The van der Waals surface area contributed by atoms with Gasteiger partial charge in [-0.05, 0) is 32.6 Å². The minimum atomic E-state index is -3.66. The molecular formula is C18H28N4O3S. The van der Waals surface area contributed by atoms with Gasteiger partial charge in [0.2, 0.25) is 15.9 Å². The molecule has 1 aromatic rings. The van der Waals surface area contributed by atoms with Crippen LogP contribution in [0.25, 0.3) is 0 Å². The summed E-state index contributed by atoms with van der Waals surface area (Å²) in [6, 6.07) is 0. The summed E-state index contributed by atoms with van der Waals surface area (Å²) in [6.45, 7) is 5.71. The number of aryl methyl sites for hydroxylation is 2. The molecule has 1 spiro atoms. The molecule has 1 amide bonds. The molecule has 0 bridgehead atoms. The molecule has 0 aromatic carbocycles. The number of hydrogen-bond acceptors (Lipinski definition) is 4. The van der Waals surface area contributed by atoms with Crippen molar-refractivity contribution in [1.29, 1.82) is 0 Å². The second-order valence-corrected chi connectivity index (χ2v) is 9.33. The Balaban J connectivity index is 1.91. The van der Waals surface area contributed by atoms with Gasteiger partial charge in [0.05, 0.1) is 11.1 Å². The van der Waals surface area contributed by atoms with Crippen LogP contribution in [0.15, 0.2) is 23.2 Å². The number of allylic oxidation sites excluding steroid dienone is 1. The molecule has 0 radical (unpaired) electrons. The number of likely N-dealkylation sites (N-methyl/N-ethyl adjacent to an activating group) is 1. The molecule has 2 aliphatic rings. The van der Waals surface area contributed by atoms with Crippen molar-refractivity contribution in [3.05, 3.63) is 24.0 Å². The quantitative estimate of drug-likeness (QED) is 0.747. The first-order chi connectivity index (χ1) is 12.3. The van der Waals surface area contributed by atoms with E-state index in [0.717, 1.165) is 12.8 Å². The predicted molar refractivity (Wildman–Crippen MR) is 99.1 cm³/mol. The predicted octanol–water partition coefficient (Wildman–Crippen LogP) is 1.79. The molecule has 0 saturated carbocycles. The molecule has 1 saturated heterocycles. The van der Waals surface area contributed by atoms with E-state index in [9.17, 15) is 13.2 Å². The average molecular weight is 381 g/mol. The fourth-order valence-corrected chi connectivity index (χ4v) is 5.72. The molecular weight excluding hydrogens is 352 g/mol. The number of rotatable bonds is 4. The second-order valence-electron chi connectivity index (χ2n) is 7.43. The number of nitrogens with zero attached hydrogens (tertiary/aromatic N) is 4. The van der Waals surface area contributed by atoms with E-state index < -0.39 is 15.4 Å². The highest BCUT2D eigenvalue weighted by Crippen LogP contribution is 2.39. The zero-order valence-corrected chi connectivity index (χ0v) is 16.6. The van der Waals surface area contributed by atoms with E-state index >= 15 is 0 Å². The van der Waals surface area contributed by atoms with Gasteiger partial charge < -0.3 is 4.90 Å². The first kappa shape index (κ1) is 19.1. The number of carbonyl (C=O) groups is 1. The van der Waals surface area contributed by atoms with E-state index in [1.165, 1.54) is 4.31 Å². The van der Waals surface area contributed by atoms with E-state index in [1.807, 2.05) is 19.1 Å². The van der Waals surface area contributed by atoms with Gasteiger partial charge in [0, 0.05) is 39.4 Å². The van der Waals surface area contributed by atoms with Gasteiger partial charge in [-0.15, -0.1) is 0 Å². The average Bonchev–Trinajstić information content (AvgIpc) is 2.93. The normalized spacial score (nSPS) is 25.0. The molecule has 3 rings (SSSR count). The summed E-state index contributed by atoms with van der Waals surface area (Å²) in [7, 11) is -1.88. The number of sulfonamides is 1. The van der Waals surface area contributed by atoms with E-state index in [-0.39, 0.29) is 17.3 Å². The Morgan fingerprint density at radius 3 is 2.81 bits per heavy atom. The third-order valence-corrected chi connectivity index (χ3v) is 7.32. The maximum absolute atomic E-state index is 13.3. The van der Waals surface area contributed by atoms with Crippen molar-refractivity contribution in [2.75, 3.05) is 26.7 Å². The Kier molecular flexibility index (Phi) is 5.25. The van der Waals surface area contributed by atoms with Crippen molar-refractivity contribution in [3.63, 3.8) is 0 Å². The number of amides is 1. The lowest BCUT2D eigenvalue weighted by Gasteiger charge is -2.41. The van der Waals surface area contributed by atoms with E-state index in [0.29, 0.717) is 38.2 Å². The maximum Gasteiger partial charge on any atom is 0.246 e. The molecule has 144 valence electrons. The molecule has 0 aliphatic carbocycles. The van der Waals surface area contributed by atoms with Gasteiger partial charge in [0.15, 0.2) is 0 Å². The molecule has 1 fully saturated rings. The summed E-state index contributed by atoms with van der Waals surface area (Å²) < 4.78 is 29.7. The highest BCUT2D eigenvalue weighted by molar-refractivity contribution is 7.89. The van der Waals surface area contributed by atoms with Crippen molar-refractivity contribution in [3.8, 4) is 0 Å². The lowest BCUT2D eigenvalue weighted by molar-refractivity contribution is -0.142. The number of aromatic nitrogens is 2. The first-order valence-electron chi connectivity index (χ1n) is 9.25. The summed E-state index contributed by atoms with van der Waals surface area (Å²) in [4.78, 5) is 14.9. The van der Waals surface area contributed by atoms with Crippen molar-refractivity contribution >= 4 is 15.9 Å². The zero-order chi connectivity index (χ0) is 18.9. The van der Waals surface area contributed by atoms with Crippen molar-refractivity contribution in [1.82, 2.24) is 19.0 Å². The first-order valence-corrected chi connectivity index (χ1v) is 10.7. The topological polar surface area (TPSA) is 75.5 Å². The summed E-state index contributed by atoms with van der Waals surface area (Å²) in [5.74, 6) is 0.0424. The smallest absolute Gasteiger partial charge is 0.246 e. The Bertz CT molecular complexity index is 814. The largest absolute Gasteiger partial charge is 0.342 e. The Labute approximate surface area is 155 Å². The van der Waals surface area contributed by atoms with Crippen LogP contribution in [0.2, 0.25) is 0 Å². The lowest BCUT2D eigenvalue weighted by Crippen LogP contribution is -2.53. The van der Waals surface area contributed by atoms with Gasteiger partial charge >= 0.3 is 0 Å². The lowest BCUT2D eigenvalue weighted by atomic mass is 9.77. The van der Waals surface area contributed by atoms with Crippen LogP contribution in [0, 0.1) is 12.3 Å². The summed E-state index contributed by atoms with van der Waals surface area (Å²) in [5, 5.41) is 4.33. The Morgan fingerprint density at radius 1 is 1.31 bits per heavy atom. The minimum absolute atomic E-state index is 0.0424. The van der Waals surface area contributed by atoms with Gasteiger partial charge in [-0.25, -0.2) is 8.42 Å². The zero-order valence-electron chi connectivity index (χ0n) is 15.8. The highest BCUT2D eigenvalue weighted by atomic mass is 32.2. The number of hydrogen-bond donors (Lipinski definition) is 0. The molecule has 8 heteroatoms. The summed E-state index contributed by atoms with van der Waals surface area (Å²) >= 11 is 0. The molecule has 1 atom stereocenters. The SMILES string of the molecule is CCCn1cc(S(=O)(=O)N2CCC[C@@]3(CC=CCN(C)C3=O)C2)c(C)n1. The van der Waals surface area contributed by atoms with Gasteiger partial charge in [0.1, 0.15) is 4.90 Å². The molecule has 1 aromatic heterocycles. The van der Waals surface area contributed by atoms with Crippen LogP contribution in [-0.2, 0) is 21.4 Å². The third kappa shape index (κ3) is 3.32. The molecule has 2 aliphatic heterocycles. The summed E-state index contributed by atoms with van der Waals surface area (Å²) in [6.07, 6.45) is 8.52. The second kappa shape index (κ2) is 7.15. The van der Waals surface area contributed by atoms with Crippen molar-refractivity contribution in [2.24, 2.45) is 5.41 Å². The van der Waals surface area contributed by atoms with Gasteiger partial charge in [-0.1, -0.05) is 19.1 Å². The van der Waals surface area contributed by atoms with Crippen molar-refractivity contribution < 1.29 is 13.2 Å². The van der Waals surface area contributed by atoms with Crippen LogP contribution < -0.4 is 0 Å². The standard InChI is InChI=1S/C18H28N4O3S/c1-4-10-21-13-16(15(2)19-21)26(24,25)22-12-7-9-18(14-22)8-5-6-11-20(3)17(18)23/h5-6,13H,4,7-12,14H2,1-3H3/t18-/m0/s1. The van der Waals surface area contributed by atoms with Gasteiger partial charge in [-0.2, -0.15) is 9.40 Å². The fourth-order valence-electron chi connectivity index (χ4n) is 3.99. The van der Waals surface area contributed by atoms with Crippen LogP contribution in [0.4, 0.5) is 0 Å². The Hall–Kier alpha value is -1.67. The molecule has 0 unspecified atom stereocenters. The number of carbonyl (C=O) groups excluding carboxylic acids is 1. The van der Waals surface area contributed by atoms with E-state index in [1.54, 1.807) is 29.7 Å². The number of piperidine rings is 1. The summed E-state index contributed by atoms with van der Waals surface area (Å²) in [5.41, 5.74) is -0.136. The third-order valence-electron chi connectivity index (χ3n) is 5.37. The molecule has 3 heterocycles. The van der Waals surface area contributed by atoms with Crippen LogP contribution in [-0.4, -0.2) is 60.0 Å². The van der Waals surface area contributed by atoms with Gasteiger partial charge in [-0.3, -0.25) is 9.48 Å². The van der Waals surface area contributed by atoms with Crippen LogP contribution in [0.1, 0.15) is 38.3 Å². The van der Waals surface area contributed by atoms with E-state index in [4.69, 9.17) is 0 Å².